The fourth-order valence-corrected chi connectivity index (χ4v) is 3.91. The minimum atomic E-state index is 0.163. The second kappa shape index (κ2) is 6.60. The first kappa shape index (κ1) is 14.6. The van der Waals surface area contributed by atoms with E-state index in [0.29, 0.717) is 0 Å². The van der Waals surface area contributed by atoms with Crippen LogP contribution in [0.15, 0.2) is 39.1 Å². The van der Waals surface area contributed by atoms with E-state index in [4.69, 9.17) is 4.42 Å². The van der Waals surface area contributed by atoms with Crippen molar-refractivity contribution in [3.63, 3.8) is 0 Å². The Morgan fingerprint density at radius 1 is 1.38 bits per heavy atom. The molecule has 3 rings (SSSR count). The molecule has 2 aromatic heterocycles. The molecule has 0 aliphatic carbocycles. The van der Waals surface area contributed by atoms with E-state index in [1.807, 2.05) is 25.2 Å². The highest BCUT2D eigenvalue weighted by atomic mass is 32.2. The summed E-state index contributed by atoms with van der Waals surface area (Å²) in [7, 11) is 1.95. The first-order valence-electron chi connectivity index (χ1n) is 6.91. The molecule has 0 radical (unpaired) electrons. The summed E-state index contributed by atoms with van der Waals surface area (Å²) in [5, 5.41) is 4.45. The molecular formula is C15H17N3OS2. The van der Waals surface area contributed by atoms with Crippen LogP contribution in [0.25, 0.3) is 11.0 Å². The van der Waals surface area contributed by atoms with Crippen LogP contribution in [0.1, 0.15) is 24.6 Å². The molecule has 1 aromatic carbocycles. The number of hydrogen-bond acceptors (Lipinski definition) is 6. The lowest BCUT2D eigenvalue weighted by Crippen LogP contribution is -2.17. The topological polar surface area (TPSA) is 51.0 Å². The SMILES string of the molecule is CCc1nsc(SCC(NC)c2cc3ccccc3o2)n1. The summed E-state index contributed by atoms with van der Waals surface area (Å²) in [6.45, 7) is 2.07. The van der Waals surface area contributed by atoms with E-state index in [1.54, 1.807) is 11.8 Å². The molecule has 4 nitrogen and oxygen atoms in total. The number of para-hydroxylation sites is 1. The second-order valence-electron chi connectivity index (χ2n) is 4.67. The predicted molar refractivity (Wildman–Crippen MR) is 88.0 cm³/mol. The van der Waals surface area contributed by atoms with Crippen molar-refractivity contribution >= 4 is 34.3 Å². The maximum atomic E-state index is 5.93. The number of aromatic nitrogens is 2. The molecule has 110 valence electrons. The van der Waals surface area contributed by atoms with Gasteiger partial charge >= 0.3 is 0 Å². The number of fused-ring (bicyclic) bond motifs is 1. The summed E-state index contributed by atoms with van der Waals surface area (Å²) in [4.78, 5) is 4.48. The van der Waals surface area contributed by atoms with Crippen LogP contribution in [0.4, 0.5) is 0 Å². The number of nitrogens with one attached hydrogen (secondary N) is 1. The lowest BCUT2D eigenvalue weighted by atomic mass is 10.2. The highest BCUT2D eigenvalue weighted by molar-refractivity contribution is 8.00. The number of rotatable bonds is 6. The molecular weight excluding hydrogens is 302 g/mol. The normalized spacial score (nSPS) is 12.9. The molecule has 1 atom stereocenters. The van der Waals surface area contributed by atoms with Crippen LogP contribution in [-0.4, -0.2) is 22.2 Å². The number of aryl methyl sites for hydroxylation is 1. The lowest BCUT2D eigenvalue weighted by molar-refractivity contribution is 0.479. The highest BCUT2D eigenvalue weighted by Crippen LogP contribution is 2.29. The monoisotopic (exact) mass is 319 g/mol. The average molecular weight is 319 g/mol. The Bertz CT molecular complexity index is 689. The molecule has 0 aliphatic rings. The molecule has 3 aromatic rings. The van der Waals surface area contributed by atoms with Crippen LogP contribution in [0, 0.1) is 0 Å². The number of furan rings is 1. The summed E-state index contributed by atoms with van der Waals surface area (Å²) in [5.74, 6) is 2.76. The quantitative estimate of drug-likeness (QED) is 0.698. The van der Waals surface area contributed by atoms with Gasteiger partial charge in [-0.15, -0.1) is 0 Å². The van der Waals surface area contributed by atoms with Crippen LogP contribution in [0.5, 0.6) is 0 Å². The van der Waals surface area contributed by atoms with E-state index in [9.17, 15) is 0 Å². The van der Waals surface area contributed by atoms with Gasteiger partial charge in [-0.05, 0) is 30.7 Å². The smallest absolute Gasteiger partial charge is 0.170 e. The van der Waals surface area contributed by atoms with Crippen LogP contribution in [0.2, 0.25) is 0 Å². The molecule has 21 heavy (non-hydrogen) atoms. The standard InChI is InChI=1S/C15H17N3OS2/c1-3-14-17-15(21-18-14)20-9-11(16-2)13-8-10-6-4-5-7-12(10)19-13/h4-8,11,16H,3,9H2,1-2H3. The third kappa shape index (κ3) is 3.28. The largest absolute Gasteiger partial charge is 0.459 e. The first-order chi connectivity index (χ1) is 10.3. The molecule has 1 N–H and O–H groups in total. The van der Waals surface area contributed by atoms with E-state index < -0.39 is 0 Å². The summed E-state index contributed by atoms with van der Waals surface area (Å²) in [5.41, 5.74) is 0.932. The number of hydrogen-bond donors (Lipinski definition) is 1. The maximum Gasteiger partial charge on any atom is 0.170 e. The van der Waals surface area contributed by atoms with Gasteiger partial charge in [0.1, 0.15) is 17.2 Å². The predicted octanol–water partition coefficient (Wildman–Crippen LogP) is 3.90. The zero-order valence-electron chi connectivity index (χ0n) is 12.0. The van der Waals surface area contributed by atoms with Crippen molar-refractivity contribution in [1.82, 2.24) is 14.7 Å². The Labute approximate surface area is 132 Å². The Kier molecular flexibility index (Phi) is 4.57. The van der Waals surface area contributed by atoms with Gasteiger partial charge in [0, 0.05) is 17.6 Å². The van der Waals surface area contributed by atoms with Crippen molar-refractivity contribution in [2.75, 3.05) is 12.8 Å². The van der Waals surface area contributed by atoms with Crippen molar-refractivity contribution in [2.45, 2.75) is 23.7 Å². The Morgan fingerprint density at radius 3 is 2.95 bits per heavy atom. The fourth-order valence-electron chi connectivity index (χ4n) is 2.08. The fraction of sp³-hybridized carbons (Fsp3) is 0.333. The van der Waals surface area contributed by atoms with Crippen LogP contribution in [0.3, 0.4) is 0 Å². The second-order valence-corrected chi connectivity index (χ2v) is 6.69. The molecule has 0 spiro atoms. The molecule has 6 heteroatoms. The molecule has 0 amide bonds. The van der Waals surface area contributed by atoms with Gasteiger partial charge in [0.15, 0.2) is 4.34 Å². The van der Waals surface area contributed by atoms with Gasteiger partial charge < -0.3 is 9.73 Å². The summed E-state index contributed by atoms with van der Waals surface area (Å²) >= 11 is 3.19. The van der Waals surface area contributed by atoms with E-state index in [-0.39, 0.29) is 6.04 Å². The summed E-state index contributed by atoms with van der Waals surface area (Å²) < 4.78 is 11.3. The van der Waals surface area contributed by atoms with E-state index >= 15 is 0 Å². The average Bonchev–Trinajstić information content (AvgIpc) is 3.14. The lowest BCUT2D eigenvalue weighted by Gasteiger charge is -2.11. The van der Waals surface area contributed by atoms with Crippen molar-refractivity contribution in [2.24, 2.45) is 0 Å². The van der Waals surface area contributed by atoms with Crippen molar-refractivity contribution in [3.8, 4) is 0 Å². The van der Waals surface area contributed by atoms with E-state index in [1.165, 1.54) is 11.5 Å². The van der Waals surface area contributed by atoms with E-state index in [0.717, 1.165) is 39.1 Å². The van der Waals surface area contributed by atoms with E-state index in [2.05, 4.69) is 33.7 Å². The number of nitrogens with zero attached hydrogens (tertiary/aromatic N) is 2. The van der Waals surface area contributed by atoms with Crippen LogP contribution in [-0.2, 0) is 6.42 Å². The molecule has 0 saturated carbocycles. The molecule has 1 unspecified atom stereocenters. The minimum absolute atomic E-state index is 0.163. The van der Waals surface area contributed by atoms with Gasteiger partial charge in [-0.3, -0.25) is 0 Å². The van der Waals surface area contributed by atoms with Gasteiger partial charge in [-0.1, -0.05) is 36.9 Å². The molecule has 0 aliphatic heterocycles. The first-order valence-corrected chi connectivity index (χ1v) is 8.67. The summed E-state index contributed by atoms with van der Waals surface area (Å²) in [6, 6.07) is 10.4. The number of benzene rings is 1. The van der Waals surface area contributed by atoms with Crippen molar-refractivity contribution in [1.29, 1.82) is 0 Å². The summed E-state index contributed by atoms with van der Waals surface area (Å²) in [6.07, 6.45) is 0.885. The molecule has 2 heterocycles. The van der Waals surface area contributed by atoms with Gasteiger partial charge in [0.25, 0.3) is 0 Å². The highest BCUT2D eigenvalue weighted by Gasteiger charge is 2.16. The van der Waals surface area contributed by atoms with Gasteiger partial charge in [-0.25, -0.2) is 4.98 Å². The molecule has 0 bridgehead atoms. The Hall–Kier alpha value is -1.37. The Morgan fingerprint density at radius 2 is 2.24 bits per heavy atom. The molecule has 0 fully saturated rings. The van der Waals surface area contributed by atoms with Crippen LogP contribution >= 0.6 is 23.3 Å². The zero-order chi connectivity index (χ0) is 14.7. The van der Waals surface area contributed by atoms with Gasteiger partial charge in [-0.2, -0.15) is 4.37 Å². The maximum absolute atomic E-state index is 5.93. The third-order valence-electron chi connectivity index (χ3n) is 3.28. The van der Waals surface area contributed by atoms with Crippen LogP contribution < -0.4 is 5.32 Å². The van der Waals surface area contributed by atoms with Gasteiger partial charge in [0.05, 0.1) is 6.04 Å². The van der Waals surface area contributed by atoms with Gasteiger partial charge in [0.2, 0.25) is 0 Å². The van der Waals surface area contributed by atoms with Crippen molar-refractivity contribution in [3.05, 3.63) is 41.9 Å². The molecule has 0 saturated heterocycles. The Balaban J connectivity index is 1.72. The third-order valence-corrected chi connectivity index (χ3v) is 5.24. The van der Waals surface area contributed by atoms with Crippen molar-refractivity contribution < 1.29 is 4.42 Å². The number of thioether (sulfide) groups is 1. The zero-order valence-corrected chi connectivity index (χ0v) is 13.6. The minimum Gasteiger partial charge on any atom is -0.459 e.